The molecule has 1 rings (SSSR count). The minimum absolute atomic E-state index is 0.0197. The normalized spacial score (nSPS) is 9.44. The third-order valence-electron chi connectivity index (χ3n) is 0.865. The van der Waals surface area contributed by atoms with Crippen LogP contribution < -0.4 is 0 Å². The lowest BCUT2D eigenvalue weighted by atomic mass is 10.3. The summed E-state index contributed by atoms with van der Waals surface area (Å²) in [6.45, 7) is 0. The Morgan fingerprint density at radius 2 is 2.11 bits per heavy atom. The molecule has 0 heterocycles. The van der Waals surface area contributed by atoms with Gasteiger partial charge in [0.15, 0.2) is 0 Å². The van der Waals surface area contributed by atoms with Crippen LogP contribution in [0.4, 0.5) is 0 Å². The Labute approximate surface area is 60.9 Å². The van der Waals surface area contributed by atoms with Crippen LogP contribution in [0, 0.1) is 6.07 Å². The second-order valence-electron chi connectivity index (χ2n) is 1.55. The number of rotatable bonds is 0. The molecular weight excluding hydrogens is 184 g/mol. The molecule has 2 nitrogen and oxygen atoms in total. The van der Waals surface area contributed by atoms with Gasteiger partial charge in [-0.3, -0.25) is 0 Å². The molecule has 47 valence electrons. The first-order valence-corrected chi connectivity index (χ1v) is 3.08. The molecule has 2 N–H and O–H groups in total. The van der Waals surface area contributed by atoms with Gasteiger partial charge >= 0.3 is 0 Å². The highest BCUT2D eigenvalue weighted by atomic mass is 79.9. The van der Waals surface area contributed by atoms with Crippen LogP contribution in [0.1, 0.15) is 0 Å². The van der Waals surface area contributed by atoms with Crippen LogP contribution in [-0.4, -0.2) is 10.2 Å². The summed E-state index contributed by atoms with van der Waals surface area (Å²) in [5.74, 6) is -0.0399. The van der Waals surface area contributed by atoms with Gasteiger partial charge in [0.2, 0.25) is 0 Å². The Hall–Kier alpha value is -0.700. The summed E-state index contributed by atoms with van der Waals surface area (Å²) in [6.07, 6.45) is 0. The van der Waals surface area contributed by atoms with E-state index in [9.17, 15) is 0 Å². The maximum Gasteiger partial charge on any atom is 0.133 e. The fourth-order valence-electron chi connectivity index (χ4n) is 0.451. The Morgan fingerprint density at radius 1 is 1.44 bits per heavy atom. The average molecular weight is 188 g/mol. The molecule has 0 aliphatic heterocycles. The molecule has 0 saturated heterocycles. The van der Waals surface area contributed by atoms with E-state index in [1.54, 1.807) is 0 Å². The molecule has 1 aromatic rings. The molecule has 3 heteroatoms. The second kappa shape index (κ2) is 2.27. The monoisotopic (exact) mass is 187 g/mol. The van der Waals surface area contributed by atoms with Crippen LogP contribution >= 0.6 is 15.9 Å². The van der Waals surface area contributed by atoms with E-state index in [1.807, 2.05) is 0 Å². The zero-order valence-electron chi connectivity index (χ0n) is 4.43. The number of hydrogen-bond acceptors (Lipinski definition) is 2. The fraction of sp³-hybridized carbons (Fsp3) is 0. The lowest BCUT2D eigenvalue weighted by Crippen LogP contribution is -1.67. The lowest BCUT2D eigenvalue weighted by molar-refractivity contribution is 0.447. The average Bonchev–Trinajstić information content (AvgIpc) is 1.80. The summed E-state index contributed by atoms with van der Waals surface area (Å²) in [6, 6.07) is 5.15. The van der Waals surface area contributed by atoms with Crippen molar-refractivity contribution in [3.63, 3.8) is 0 Å². The first kappa shape index (κ1) is 6.42. The lowest BCUT2D eigenvalue weighted by Gasteiger charge is -1.94. The summed E-state index contributed by atoms with van der Waals surface area (Å²) >= 11 is 3.04. The highest BCUT2D eigenvalue weighted by molar-refractivity contribution is 9.10. The minimum Gasteiger partial charge on any atom is -0.507 e. The molecular formula is C6H4BrO2. The molecule has 9 heavy (non-hydrogen) atoms. The van der Waals surface area contributed by atoms with E-state index < -0.39 is 0 Å². The van der Waals surface area contributed by atoms with Crippen LogP contribution in [0.15, 0.2) is 16.6 Å². The number of phenolic OH excluding ortho intramolecular Hbond substituents is 2. The van der Waals surface area contributed by atoms with Crippen LogP contribution in [-0.2, 0) is 0 Å². The third kappa shape index (κ3) is 1.36. The van der Waals surface area contributed by atoms with Gasteiger partial charge in [0.05, 0.1) is 4.47 Å². The molecule has 0 aliphatic rings. The number of benzene rings is 1. The van der Waals surface area contributed by atoms with Crippen LogP contribution in [0.25, 0.3) is 0 Å². The van der Waals surface area contributed by atoms with Crippen LogP contribution in [0.5, 0.6) is 11.5 Å². The molecule has 1 radical (unpaired) electrons. The molecule has 0 atom stereocenters. The topological polar surface area (TPSA) is 40.5 Å². The number of aromatic hydroxyl groups is 2. The maximum absolute atomic E-state index is 8.87. The Balaban J connectivity index is 3.17. The maximum atomic E-state index is 8.87. The second-order valence-corrected chi connectivity index (χ2v) is 2.41. The molecule has 0 unspecified atom stereocenters. The van der Waals surface area contributed by atoms with E-state index in [2.05, 4.69) is 22.0 Å². The SMILES string of the molecule is Oc1[c]cc(Br)c(O)c1. The van der Waals surface area contributed by atoms with E-state index in [1.165, 1.54) is 12.1 Å². The molecule has 0 bridgehead atoms. The Bertz CT molecular complexity index is 222. The van der Waals surface area contributed by atoms with Gasteiger partial charge in [0.1, 0.15) is 11.5 Å². The third-order valence-corrected chi connectivity index (χ3v) is 1.50. The van der Waals surface area contributed by atoms with Gasteiger partial charge in [-0.15, -0.1) is 0 Å². The highest BCUT2D eigenvalue weighted by Crippen LogP contribution is 2.26. The largest absolute Gasteiger partial charge is 0.507 e. The van der Waals surface area contributed by atoms with Crippen molar-refractivity contribution in [1.29, 1.82) is 0 Å². The van der Waals surface area contributed by atoms with E-state index in [4.69, 9.17) is 10.2 Å². The quantitative estimate of drug-likeness (QED) is 0.649. The van der Waals surface area contributed by atoms with Gasteiger partial charge < -0.3 is 10.2 Å². The Kier molecular flexibility index (Phi) is 1.62. The van der Waals surface area contributed by atoms with Gasteiger partial charge in [-0.2, -0.15) is 0 Å². The number of halogens is 1. The first-order chi connectivity index (χ1) is 4.20. The van der Waals surface area contributed by atoms with Gasteiger partial charge in [-0.05, 0) is 22.0 Å². The summed E-state index contributed by atoms with van der Waals surface area (Å²) in [5.41, 5.74) is 0. The summed E-state index contributed by atoms with van der Waals surface area (Å²) in [7, 11) is 0. The minimum atomic E-state index is -0.0595. The van der Waals surface area contributed by atoms with Crippen molar-refractivity contribution in [2.75, 3.05) is 0 Å². The van der Waals surface area contributed by atoms with E-state index in [-0.39, 0.29) is 11.5 Å². The molecule has 0 amide bonds. The zero-order valence-corrected chi connectivity index (χ0v) is 6.01. The van der Waals surface area contributed by atoms with Gasteiger partial charge in [0.25, 0.3) is 0 Å². The summed E-state index contributed by atoms with van der Waals surface area (Å²) in [4.78, 5) is 0. The van der Waals surface area contributed by atoms with E-state index >= 15 is 0 Å². The first-order valence-electron chi connectivity index (χ1n) is 2.29. The Morgan fingerprint density at radius 3 is 2.56 bits per heavy atom. The van der Waals surface area contributed by atoms with E-state index in [0.717, 1.165) is 0 Å². The van der Waals surface area contributed by atoms with Gasteiger partial charge in [0, 0.05) is 12.1 Å². The molecule has 0 spiro atoms. The van der Waals surface area contributed by atoms with Crippen molar-refractivity contribution in [1.82, 2.24) is 0 Å². The zero-order chi connectivity index (χ0) is 6.85. The molecule has 0 aliphatic carbocycles. The fourth-order valence-corrected chi connectivity index (χ4v) is 0.680. The van der Waals surface area contributed by atoms with Crippen LogP contribution in [0.2, 0.25) is 0 Å². The van der Waals surface area contributed by atoms with Crippen molar-refractivity contribution >= 4 is 15.9 Å². The molecule has 0 aromatic heterocycles. The highest BCUT2D eigenvalue weighted by Gasteiger charge is 1.96. The number of phenols is 2. The predicted octanol–water partition coefficient (Wildman–Crippen LogP) is 1.66. The van der Waals surface area contributed by atoms with Crippen molar-refractivity contribution < 1.29 is 10.2 Å². The summed E-state index contributed by atoms with van der Waals surface area (Å²) in [5, 5.41) is 17.6. The standard InChI is InChI=1S/C6H4BrO2/c7-5-2-1-4(8)3-6(5)9/h2-3,8-9H. The molecule has 0 saturated carbocycles. The van der Waals surface area contributed by atoms with Crippen molar-refractivity contribution in [3.8, 4) is 11.5 Å². The summed E-state index contributed by atoms with van der Waals surface area (Å²) < 4.78 is 0.528. The van der Waals surface area contributed by atoms with Gasteiger partial charge in [-0.1, -0.05) is 0 Å². The van der Waals surface area contributed by atoms with Crippen LogP contribution in [0.3, 0.4) is 0 Å². The van der Waals surface area contributed by atoms with Gasteiger partial charge in [-0.25, -0.2) is 0 Å². The predicted molar refractivity (Wildman–Crippen MR) is 36.3 cm³/mol. The molecule has 0 fully saturated rings. The molecule has 1 aromatic carbocycles. The number of hydrogen-bond donors (Lipinski definition) is 2. The smallest absolute Gasteiger partial charge is 0.133 e. The van der Waals surface area contributed by atoms with Crippen molar-refractivity contribution in [3.05, 3.63) is 22.7 Å². The van der Waals surface area contributed by atoms with E-state index in [0.29, 0.717) is 4.47 Å². The van der Waals surface area contributed by atoms with Crippen molar-refractivity contribution in [2.45, 2.75) is 0 Å². The van der Waals surface area contributed by atoms with Crippen molar-refractivity contribution in [2.24, 2.45) is 0 Å².